The summed E-state index contributed by atoms with van der Waals surface area (Å²) in [7, 11) is -1.31. The van der Waals surface area contributed by atoms with Crippen molar-refractivity contribution in [1.82, 2.24) is 10.2 Å². The van der Waals surface area contributed by atoms with E-state index in [1.165, 1.54) is 5.56 Å². The number of piperidine rings is 1. The third-order valence-corrected chi connectivity index (χ3v) is 9.77. The van der Waals surface area contributed by atoms with Gasteiger partial charge in [-0.15, -0.1) is 0 Å². The Morgan fingerprint density at radius 3 is 2.60 bits per heavy atom. The van der Waals surface area contributed by atoms with Gasteiger partial charge < -0.3 is 20.4 Å². The first-order chi connectivity index (χ1) is 16.6. The molecule has 7 heteroatoms. The van der Waals surface area contributed by atoms with E-state index >= 15 is 0 Å². The largest absolute Gasteiger partial charge is 0.508 e. The summed E-state index contributed by atoms with van der Waals surface area (Å²) in [6.45, 7) is 11.4. The Bertz CT molecular complexity index is 1100. The molecular formula is C28H38N2O4S. The lowest BCUT2D eigenvalue weighted by Gasteiger charge is -2.46. The van der Waals surface area contributed by atoms with Crippen LogP contribution in [0.15, 0.2) is 42.5 Å². The van der Waals surface area contributed by atoms with E-state index in [9.17, 15) is 19.2 Å². The van der Waals surface area contributed by atoms with Crippen molar-refractivity contribution in [1.29, 1.82) is 0 Å². The molecule has 2 aliphatic rings. The Morgan fingerprint density at radius 1 is 1.17 bits per heavy atom. The van der Waals surface area contributed by atoms with Gasteiger partial charge in [0.1, 0.15) is 16.7 Å². The molecule has 2 aliphatic heterocycles. The summed E-state index contributed by atoms with van der Waals surface area (Å²) in [5.74, 6) is 1.26. The van der Waals surface area contributed by atoms with Gasteiger partial charge in [-0.1, -0.05) is 45.9 Å². The minimum absolute atomic E-state index is 0.00730. The summed E-state index contributed by atoms with van der Waals surface area (Å²) in [6.07, 6.45) is 1.41. The number of benzene rings is 2. The van der Waals surface area contributed by atoms with Gasteiger partial charge >= 0.3 is 0 Å². The Morgan fingerprint density at radius 2 is 1.91 bits per heavy atom. The van der Waals surface area contributed by atoms with Crippen LogP contribution < -0.4 is 5.32 Å². The van der Waals surface area contributed by atoms with Gasteiger partial charge in [0.15, 0.2) is 0 Å². The highest BCUT2D eigenvalue weighted by molar-refractivity contribution is 7.85. The van der Waals surface area contributed by atoms with Crippen LogP contribution in [0, 0.1) is 11.8 Å². The minimum Gasteiger partial charge on any atom is -0.508 e. The predicted molar refractivity (Wildman–Crippen MR) is 140 cm³/mol. The number of phenols is 2. The number of likely N-dealkylation sites (tertiary alicyclic amines) is 1. The zero-order valence-electron chi connectivity index (χ0n) is 21.2. The van der Waals surface area contributed by atoms with Crippen molar-refractivity contribution in [2.45, 2.75) is 63.0 Å². The van der Waals surface area contributed by atoms with E-state index in [1.807, 2.05) is 18.2 Å². The number of carbonyl (C=O) groups excluding carboxylic acids is 1. The first kappa shape index (κ1) is 25.7. The quantitative estimate of drug-likeness (QED) is 0.565. The van der Waals surface area contributed by atoms with E-state index in [4.69, 9.17) is 0 Å². The van der Waals surface area contributed by atoms with E-state index in [0.717, 1.165) is 37.2 Å². The fraction of sp³-hybridized carbons (Fsp3) is 0.536. The van der Waals surface area contributed by atoms with E-state index < -0.39 is 16.0 Å². The van der Waals surface area contributed by atoms with E-state index in [-0.39, 0.29) is 29.0 Å². The summed E-state index contributed by atoms with van der Waals surface area (Å²) in [5.41, 5.74) is 3.02. The molecule has 0 spiro atoms. The van der Waals surface area contributed by atoms with Crippen LogP contribution >= 0.6 is 0 Å². The van der Waals surface area contributed by atoms with Gasteiger partial charge in [0, 0.05) is 35.7 Å². The molecule has 0 aliphatic carbocycles. The maximum atomic E-state index is 13.2. The first-order valence-corrected chi connectivity index (χ1v) is 13.9. The molecule has 3 N–H and O–H groups in total. The second-order valence-electron chi connectivity index (χ2n) is 10.9. The maximum absolute atomic E-state index is 13.2. The molecule has 2 aromatic rings. The summed E-state index contributed by atoms with van der Waals surface area (Å²) < 4.78 is 12.9. The molecular weight excluding hydrogens is 460 g/mol. The van der Waals surface area contributed by atoms with Crippen molar-refractivity contribution >= 4 is 16.7 Å². The van der Waals surface area contributed by atoms with Gasteiger partial charge in [0.2, 0.25) is 5.91 Å². The molecule has 6 nitrogen and oxygen atoms in total. The fourth-order valence-corrected chi connectivity index (χ4v) is 6.90. The molecule has 2 aromatic carbocycles. The van der Waals surface area contributed by atoms with Crippen LogP contribution in [0.25, 0.3) is 0 Å². The average molecular weight is 499 g/mol. The third kappa shape index (κ3) is 5.56. The number of phenolic OH excluding ortho intramolecular Hbond substituents is 2. The van der Waals surface area contributed by atoms with Crippen molar-refractivity contribution in [2.24, 2.45) is 11.8 Å². The van der Waals surface area contributed by atoms with Crippen molar-refractivity contribution in [2.75, 3.05) is 19.6 Å². The lowest BCUT2D eigenvalue weighted by molar-refractivity contribution is -0.121. The van der Waals surface area contributed by atoms with Gasteiger partial charge in [-0.25, -0.2) is 0 Å². The van der Waals surface area contributed by atoms with Gasteiger partial charge in [0.25, 0.3) is 0 Å². The zero-order chi connectivity index (χ0) is 25.3. The summed E-state index contributed by atoms with van der Waals surface area (Å²) in [6, 6.07) is 12.7. The SMILES string of the molecule is CC(C)[C@@H](CN1CC[C@](C)(c2cccc(O)c2)[C@@H](C)C1)NC(=O)[C@H]1Cc2ccc(O)cc2CS1=O. The van der Waals surface area contributed by atoms with E-state index in [2.05, 4.69) is 44.0 Å². The molecule has 1 saturated heterocycles. The Balaban J connectivity index is 1.40. The molecule has 190 valence electrons. The minimum atomic E-state index is -1.31. The van der Waals surface area contributed by atoms with Gasteiger partial charge in [-0.05, 0) is 77.6 Å². The predicted octanol–water partition coefficient (Wildman–Crippen LogP) is 3.71. The molecule has 5 atom stereocenters. The number of amides is 1. The second kappa shape index (κ2) is 10.3. The number of hydrogen-bond donors (Lipinski definition) is 3. The van der Waals surface area contributed by atoms with Crippen molar-refractivity contribution in [3.8, 4) is 11.5 Å². The highest BCUT2D eigenvalue weighted by Gasteiger charge is 2.39. The van der Waals surface area contributed by atoms with Crippen LogP contribution in [0.3, 0.4) is 0 Å². The number of carbonyl (C=O) groups is 1. The van der Waals surface area contributed by atoms with Crippen LogP contribution in [0.5, 0.6) is 11.5 Å². The second-order valence-corrected chi connectivity index (χ2v) is 12.5. The van der Waals surface area contributed by atoms with Gasteiger partial charge in [0.05, 0.1) is 0 Å². The highest BCUT2D eigenvalue weighted by Crippen LogP contribution is 2.40. The molecule has 1 fully saturated rings. The van der Waals surface area contributed by atoms with Crippen LogP contribution in [0.2, 0.25) is 0 Å². The fourth-order valence-electron chi connectivity index (χ4n) is 5.45. The number of fused-ring (bicyclic) bond motifs is 1. The van der Waals surface area contributed by atoms with Gasteiger partial charge in [-0.2, -0.15) is 0 Å². The van der Waals surface area contributed by atoms with Crippen LogP contribution in [-0.4, -0.2) is 56.2 Å². The molecule has 1 amide bonds. The van der Waals surface area contributed by atoms with E-state index in [1.54, 1.807) is 18.2 Å². The normalized spacial score (nSPS) is 27.9. The van der Waals surface area contributed by atoms with Crippen molar-refractivity contribution in [3.63, 3.8) is 0 Å². The highest BCUT2D eigenvalue weighted by atomic mass is 32.2. The zero-order valence-corrected chi connectivity index (χ0v) is 22.0. The number of nitrogens with one attached hydrogen (secondary N) is 1. The van der Waals surface area contributed by atoms with Crippen molar-refractivity contribution < 1.29 is 19.2 Å². The first-order valence-electron chi connectivity index (χ1n) is 12.6. The van der Waals surface area contributed by atoms with Crippen LogP contribution in [-0.2, 0) is 33.2 Å². The number of aromatic hydroxyl groups is 2. The standard InChI is InChI=1S/C28H38N2O4S/c1-18(2)25(29-27(33)26-13-20-8-9-24(32)12-21(20)17-35(26)34)16-30-11-10-28(4,19(3)15-30)22-6-5-7-23(31)14-22/h5-9,12,14,18-19,25-26,31-32H,10-11,13,15-17H2,1-4H3,(H,29,33)/t19-,25+,26+,28-,35?/m0/s1. The van der Waals surface area contributed by atoms with Gasteiger partial charge in [-0.3, -0.25) is 9.00 Å². The molecule has 2 heterocycles. The number of hydrogen-bond acceptors (Lipinski definition) is 5. The lowest BCUT2D eigenvalue weighted by atomic mass is 9.68. The number of nitrogens with zero attached hydrogens (tertiary/aromatic N) is 1. The van der Waals surface area contributed by atoms with Crippen LogP contribution in [0.1, 0.15) is 50.8 Å². The summed E-state index contributed by atoms with van der Waals surface area (Å²) in [4.78, 5) is 15.7. The Kier molecular flexibility index (Phi) is 7.57. The average Bonchev–Trinajstić information content (AvgIpc) is 2.80. The molecule has 0 bridgehead atoms. The third-order valence-electron chi connectivity index (χ3n) is 8.16. The monoisotopic (exact) mass is 498 g/mol. The number of rotatable bonds is 6. The molecule has 0 aromatic heterocycles. The summed E-state index contributed by atoms with van der Waals surface area (Å²) in [5, 5.41) is 22.3. The maximum Gasteiger partial charge on any atom is 0.236 e. The Labute approximate surface area is 211 Å². The lowest BCUT2D eigenvalue weighted by Crippen LogP contribution is -2.55. The van der Waals surface area contributed by atoms with Crippen LogP contribution in [0.4, 0.5) is 0 Å². The molecule has 0 saturated carbocycles. The van der Waals surface area contributed by atoms with E-state index in [0.29, 0.717) is 23.8 Å². The molecule has 35 heavy (non-hydrogen) atoms. The van der Waals surface area contributed by atoms with Crippen molar-refractivity contribution in [3.05, 3.63) is 59.2 Å². The molecule has 4 rings (SSSR count). The topological polar surface area (TPSA) is 89.9 Å². The molecule has 1 unspecified atom stereocenters. The molecule has 0 radical (unpaired) electrons. The smallest absolute Gasteiger partial charge is 0.236 e. The summed E-state index contributed by atoms with van der Waals surface area (Å²) >= 11 is 0. The Hall–Kier alpha value is -2.38.